The van der Waals surface area contributed by atoms with Gasteiger partial charge in [0.15, 0.2) is 0 Å². The van der Waals surface area contributed by atoms with E-state index in [1.54, 1.807) is 12.3 Å². The number of nitrogens with one attached hydrogen (secondary N) is 1. The molecule has 5 heteroatoms. The summed E-state index contributed by atoms with van der Waals surface area (Å²) in [4.78, 5) is 23.5. The van der Waals surface area contributed by atoms with Gasteiger partial charge in [-0.25, -0.2) is 9.97 Å². The Hall–Kier alpha value is -3.21. The summed E-state index contributed by atoms with van der Waals surface area (Å²) >= 11 is 0. The lowest BCUT2D eigenvalue weighted by Gasteiger charge is -2.22. The number of hydrogen-bond acceptors (Lipinski definition) is 4. The Morgan fingerprint density at radius 2 is 1.84 bits per heavy atom. The summed E-state index contributed by atoms with van der Waals surface area (Å²) in [6, 6.07) is 19.5. The molecule has 0 saturated carbocycles. The fourth-order valence-corrected chi connectivity index (χ4v) is 3.18. The van der Waals surface area contributed by atoms with Crippen molar-refractivity contribution >= 4 is 23.2 Å². The normalized spacial score (nSPS) is 15.7. The molecule has 0 saturated heterocycles. The maximum Gasteiger partial charge on any atom is 0.274 e. The molecule has 5 nitrogen and oxygen atoms in total. The van der Waals surface area contributed by atoms with Crippen molar-refractivity contribution in [1.29, 1.82) is 0 Å². The SMILES string of the molecule is CC1Cc2ccccc2N1c1nccc(C(=O)Nc2ccccc2)n1. The van der Waals surface area contributed by atoms with Crippen molar-refractivity contribution in [1.82, 2.24) is 9.97 Å². The number of aromatic nitrogens is 2. The molecule has 1 atom stereocenters. The van der Waals surface area contributed by atoms with Gasteiger partial charge in [-0.2, -0.15) is 0 Å². The fourth-order valence-electron chi connectivity index (χ4n) is 3.18. The van der Waals surface area contributed by atoms with Crippen LogP contribution in [-0.4, -0.2) is 21.9 Å². The highest BCUT2D eigenvalue weighted by Gasteiger charge is 2.29. The number of anilines is 3. The first-order valence-corrected chi connectivity index (χ1v) is 8.29. The van der Waals surface area contributed by atoms with Crippen molar-refractivity contribution in [2.75, 3.05) is 10.2 Å². The number of carbonyl (C=O) groups excluding carboxylic acids is 1. The molecule has 0 spiro atoms. The van der Waals surface area contributed by atoms with E-state index in [2.05, 4.69) is 39.2 Å². The highest BCUT2D eigenvalue weighted by atomic mass is 16.1. The van der Waals surface area contributed by atoms with Crippen molar-refractivity contribution in [3.63, 3.8) is 0 Å². The first-order chi connectivity index (χ1) is 12.2. The number of fused-ring (bicyclic) bond motifs is 1. The van der Waals surface area contributed by atoms with E-state index >= 15 is 0 Å². The lowest BCUT2D eigenvalue weighted by molar-refractivity contribution is 0.102. The van der Waals surface area contributed by atoms with Crippen LogP contribution in [-0.2, 0) is 6.42 Å². The number of rotatable bonds is 3. The number of para-hydroxylation sites is 2. The number of carbonyl (C=O) groups is 1. The molecular formula is C20H18N4O. The van der Waals surface area contributed by atoms with Crippen molar-refractivity contribution in [3.8, 4) is 0 Å². The predicted octanol–water partition coefficient (Wildman–Crippen LogP) is 3.81. The van der Waals surface area contributed by atoms with E-state index in [0.29, 0.717) is 11.6 Å². The second kappa shape index (κ2) is 6.36. The lowest BCUT2D eigenvalue weighted by Crippen LogP contribution is -2.26. The number of amides is 1. The van der Waals surface area contributed by atoms with Crippen LogP contribution in [0, 0.1) is 0 Å². The predicted molar refractivity (Wildman–Crippen MR) is 98.2 cm³/mol. The maximum atomic E-state index is 12.5. The van der Waals surface area contributed by atoms with Gasteiger partial charge in [0.1, 0.15) is 5.69 Å². The van der Waals surface area contributed by atoms with Gasteiger partial charge in [-0.1, -0.05) is 36.4 Å². The summed E-state index contributed by atoms with van der Waals surface area (Å²) in [5, 5.41) is 2.86. The summed E-state index contributed by atoms with van der Waals surface area (Å²) in [5.74, 6) is 0.313. The molecule has 0 fully saturated rings. The summed E-state index contributed by atoms with van der Waals surface area (Å²) in [6.07, 6.45) is 2.58. The smallest absolute Gasteiger partial charge is 0.274 e. The Morgan fingerprint density at radius 1 is 1.08 bits per heavy atom. The molecule has 1 N–H and O–H groups in total. The molecule has 124 valence electrons. The zero-order valence-corrected chi connectivity index (χ0v) is 13.9. The van der Waals surface area contributed by atoms with E-state index < -0.39 is 0 Å². The van der Waals surface area contributed by atoms with Crippen LogP contribution in [0.25, 0.3) is 0 Å². The first-order valence-electron chi connectivity index (χ1n) is 8.29. The molecule has 25 heavy (non-hydrogen) atoms. The van der Waals surface area contributed by atoms with Gasteiger partial charge in [-0.05, 0) is 43.2 Å². The second-order valence-corrected chi connectivity index (χ2v) is 6.11. The molecule has 2 aromatic carbocycles. The second-order valence-electron chi connectivity index (χ2n) is 6.11. The molecule has 1 aliphatic heterocycles. The van der Waals surface area contributed by atoms with Gasteiger partial charge < -0.3 is 10.2 Å². The van der Waals surface area contributed by atoms with Gasteiger partial charge in [-0.3, -0.25) is 4.79 Å². The van der Waals surface area contributed by atoms with Crippen molar-refractivity contribution in [3.05, 3.63) is 78.1 Å². The zero-order chi connectivity index (χ0) is 17.2. The molecule has 0 radical (unpaired) electrons. The Morgan fingerprint density at radius 3 is 2.68 bits per heavy atom. The molecule has 2 heterocycles. The van der Waals surface area contributed by atoms with Gasteiger partial charge in [0, 0.05) is 23.6 Å². The van der Waals surface area contributed by atoms with E-state index in [9.17, 15) is 4.79 Å². The largest absolute Gasteiger partial charge is 0.321 e. The summed E-state index contributed by atoms with van der Waals surface area (Å²) in [5.41, 5.74) is 3.48. The van der Waals surface area contributed by atoms with E-state index in [1.165, 1.54) is 5.56 Å². The van der Waals surface area contributed by atoms with Crippen LogP contribution < -0.4 is 10.2 Å². The number of nitrogens with zero attached hydrogens (tertiary/aromatic N) is 3. The minimum absolute atomic E-state index is 0.241. The minimum Gasteiger partial charge on any atom is -0.321 e. The van der Waals surface area contributed by atoms with Crippen molar-refractivity contribution in [2.24, 2.45) is 0 Å². The van der Waals surface area contributed by atoms with E-state index in [1.807, 2.05) is 42.5 Å². The van der Waals surface area contributed by atoms with Crippen LogP contribution in [0.1, 0.15) is 23.0 Å². The maximum absolute atomic E-state index is 12.5. The molecule has 1 amide bonds. The zero-order valence-electron chi connectivity index (χ0n) is 13.9. The van der Waals surface area contributed by atoms with Crippen LogP contribution >= 0.6 is 0 Å². The van der Waals surface area contributed by atoms with Crippen LogP contribution in [0.4, 0.5) is 17.3 Å². The number of hydrogen-bond donors (Lipinski definition) is 1. The average Bonchev–Trinajstić information content (AvgIpc) is 2.98. The standard InChI is InChI=1S/C20H18N4O/c1-14-13-15-7-5-6-10-18(15)24(14)20-21-12-11-17(23-20)19(25)22-16-8-3-2-4-9-16/h2-12,14H,13H2,1H3,(H,22,25). The van der Waals surface area contributed by atoms with Gasteiger partial charge in [0.2, 0.25) is 5.95 Å². The molecule has 4 rings (SSSR count). The monoisotopic (exact) mass is 330 g/mol. The van der Waals surface area contributed by atoms with Gasteiger partial charge in [-0.15, -0.1) is 0 Å². The summed E-state index contributed by atoms with van der Waals surface area (Å²) < 4.78 is 0. The molecule has 1 unspecified atom stereocenters. The van der Waals surface area contributed by atoms with Crippen molar-refractivity contribution < 1.29 is 4.79 Å². The van der Waals surface area contributed by atoms with Gasteiger partial charge in [0.25, 0.3) is 5.91 Å². The van der Waals surface area contributed by atoms with Gasteiger partial charge >= 0.3 is 0 Å². The topological polar surface area (TPSA) is 58.1 Å². The Labute approximate surface area is 146 Å². The molecule has 1 aromatic heterocycles. The van der Waals surface area contributed by atoms with E-state index in [-0.39, 0.29) is 11.9 Å². The highest BCUT2D eigenvalue weighted by molar-refractivity contribution is 6.03. The minimum atomic E-state index is -0.241. The quantitative estimate of drug-likeness (QED) is 0.793. The van der Waals surface area contributed by atoms with Crippen LogP contribution in [0.15, 0.2) is 66.9 Å². The summed E-state index contributed by atoms with van der Waals surface area (Å²) in [6.45, 7) is 2.14. The van der Waals surface area contributed by atoms with Gasteiger partial charge in [0.05, 0.1) is 0 Å². The first kappa shape index (κ1) is 15.3. The molecule has 0 aliphatic carbocycles. The average molecular weight is 330 g/mol. The Kier molecular flexibility index (Phi) is 3.90. The van der Waals surface area contributed by atoms with Crippen LogP contribution in [0.3, 0.4) is 0 Å². The molecule has 1 aliphatic rings. The fraction of sp³-hybridized carbons (Fsp3) is 0.150. The third-order valence-corrected chi connectivity index (χ3v) is 4.33. The number of benzene rings is 2. The Balaban J connectivity index is 1.63. The third-order valence-electron chi connectivity index (χ3n) is 4.33. The third kappa shape index (κ3) is 2.96. The highest BCUT2D eigenvalue weighted by Crippen LogP contribution is 2.36. The van der Waals surface area contributed by atoms with Crippen molar-refractivity contribution in [2.45, 2.75) is 19.4 Å². The lowest BCUT2D eigenvalue weighted by atomic mass is 10.1. The molecule has 3 aromatic rings. The molecular weight excluding hydrogens is 312 g/mol. The van der Waals surface area contributed by atoms with Crippen LogP contribution in [0.5, 0.6) is 0 Å². The van der Waals surface area contributed by atoms with E-state index in [4.69, 9.17) is 0 Å². The van der Waals surface area contributed by atoms with E-state index in [0.717, 1.165) is 17.8 Å². The summed E-state index contributed by atoms with van der Waals surface area (Å²) in [7, 11) is 0. The van der Waals surface area contributed by atoms with Crippen LogP contribution in [0.2, 0.25) is 0 Å². The Bertz CT molecular complexity index is 910. The molecule has 0 bridgehead atoms.